The third-order valence-corrected chi connectivity index (χ3v) is 11.1. The number of rotatable bonds is 3. The zero-order valence-electron chi connectivity index (χ0n) is 21.8. The van der Waals surface area contributed by atoms with Gasteiger partial charge in [0.1, 0.15) is 17.6 Å². The fourth-order valence-corrected chi connectivity index (χ4v) is 9.65. The molecule has 4 aliphatic carbocycles. The van der Waals surface area contributed by atoms with Crippen molar-refractivity contribution in [3.63, 3.8) is 0 Å². The maximum absolute atomic E-state index is 14.2. The number of nitrogens with one attached hydrogen (secondary N) is 1. The lowest BCUT2D eigenvalue weighted by Gasteiger charge is -2.74. The Labute approximate surface area is 221 Å². The average Bonchev–Trinajstić information content (AvgIpc) is 3.33. The molecule has 6 aliphatic rings. The molecular formula is C30H35NO7. The molecule has 1 aromatic heterocycles. The predicted molar refractivity (Wildman–Crippen MR) is 137 cm³/mol. The van der Waals surface area contributed by atoms with E-state index in [1.807, 2.05) is 38.1 Å². The molecule has 202 valence electrons. The van der Waals surface area contributed by atoms with Gasteiger partial charge in [0, 0.05) is 34.4 Å². The number of ether oxygens (including phenoxy) is 2. The minimum atomic E-state index is -2.25. The van der Waals surface area contributed by atoms with Crippen LogP contribution in [0.15, 0.2) is 42.6 Å². The monoisotopic (exact) mass is 521 g/mol. The van der Waals surface area contributed by atoms with Crippen LogP contribution in [0.4, 0.5) is 0 Å². The Morgan fingerprint density at radius 1 is 1.21 bits per heavy atom. The van der Waals surface area contributed by atoms with E-state index in [2.05, 4.69) is 11.6 Å². The number of carbonyl (C=O) groups is 2. The van der Waals surface area contributed by atoms with Crippen LogP contribution in [0, 0.1) is 34.0 Å². The van der Waals surface area contributed by atoms with E-state index in [0.717, 1.165) is 16.5 Å². The summed E-state index contributed by atoms with van der Waals surface area (Å²) in [4.78, 5) is 30.8. The lowest BCUT2D eigenvalue weighted by Crippen LogP contribution is -2.85. The molecule has 2 aromatic rings. The van der Waals surface area contributed by atoms with Gasteiger partial charge in [-0.15, -0.1) is 0 Å². The molecule has 0 radical (unpaired) electrons. The number of para-hydroxylation sites is 1. The van der Waals surface area contributed by atoms with Gasteiger partial charge < -0.3 is 29.8 Å². The third kappa shape index (κ3) is 2.60. The van der Waals surface area contributed by atoms with Crippen molar-refractivity contribution in [2.45, 2.75) is 70.1 Å². The molecule has 3 heterocycles. The third-order valence-electron chi connectivity index (χ3n) is 11.1. The van der Waals surface area contributed by atoms with Gasteiger partial charge in [-0.05, 0) is 54.2 Å². The van der Waals surface area contributed by atoms with Crippen molar-refractivity contribution < 1.29 is 34.4 Å². The van der Waals surface area contributed by atoms with Crippen LogP contribution in [-0.4, -0.2) is 62.8 Å². The van der Waals surface area contributed by atoms with Gasteiger partial charge in [-0.1, -0.05) is 38.6 Å². The van der Waals surface area contributed by atoms with E-state index in [1.54, 1.807) is 6.20 Å². The summed E-state index contributed by atoms with van der Waals surface area (Å²) in [6.45, 7) is 8.21. The first-order chi connectivity index (χ1) is 18.0. The van der Waals surface area contributed by atoms with E-state index in [1.165, 1.54) is 0 Å². The van der Waals surface area contributed by atoms with Gasteiger partial charge in [-0.3, -0.25) is 9.59 Å². The van der Waals surface area contributed by atoms with Gasteiger partial charge in [-0.2, -0.15) is 0 Å². The zero-order chi connectivity index (χ0) is 26.8. The summed E-state index contributed by atoms with van der Waals surface area (Å²) in [5.41, 5.74) is -1.08. The molecule has 1 aromatic carbocycles. The van der Waals surface area contributed by atoms with Crippen molar-refractivity contribution >= 4 is 22.7 Å². The van der Waals surface area contributed by atoms with Crippen LogP contribution in [0.5, 0.6) is 0 Å². The molecule has 8 heteroatoms. The van der Waals surface area contributed by atoms with E-state index in [4.69, 9.17) is 9.47 Å². The molecule has 1 unspecified atom stereocenters. The molecule has 6 fully saturated rings. The Morgan fingerprint density at radius 3 is 2.76 bits per heavy atom. The molecule has 8 rings (SSSR count). The highest BCUT2D eigenvalue weighted by molar-refractivity contribution is 6.05. The Morgan fingerprint density at radius 2 is 1.97 bits per heavy atom. The van der Waals surface area contributed by atoms with Gasteiger partial charge in [0.15, 0.2) is 5.78 Å². The number of ketones is 1. The number of hydrogen-bond acceptors (Lipinski definition) is 7. The van der Waals surface area contributed by atoms with E-state index in [9.17, 15) is 24.9 Å². The number of hydrogen-bond donors (Lipinski definition) is 4. The fraction of sp³-hybridized carbons (Fsp3) is 0.600. The molecule has 38 heavy (non-hydrogen) atoms. The van der Waals surface area contributed by atoms with Gasteiger partial charge in [0.2, 0.25) is 5.79 Å². The van der Waals surface area contributed by atoms with E-state index >= 15 is 0 Å². The number of aromatic nitrogens is 1. The molecule has 4 N–H and O–H groups in total. The standard InChI is InChI=1S/C30H35NO7/c1-15-17-8-9-20-28-14-37-30(36,25(35)23(28)27(2,3)11-10-21(28)32)29(20,24(15)34)26(17)38-22(33)12-16-13-31-19-7-5-4-6-18(16)19/h4-7,13,17,20-21,23,25-26,31-32,35-36H,1,8-12,14H2,2-3H3/t17-,20?,21-,23+,25-,26+,28+,29-,30-/m0/s1. The number of aliphatic hydroxyl groups excluding tert-OH is 2. The number of aliphatic hydroxyl groups is 3. The Bertz CT molecular complexity index is 1380. The van der Waals surface area contributed by atoms with Crippen LogP contribution in [0.2, 0.25) is 0 Å². The summed E-state index contributed by atoms with van der Waals surface area (Å²) in [5, 5.41) is 36.6. The summed E-state index contributed by atoms with van der Waals surface area (Å²) >= 11 is 0. The number of Topliss-reactive ketones (excluding diaryl/α,β-unsaturated/α-hetero) is 1. The van der Waals surface area contributed by atoms with Crippen molar-refractivity contribution in [2.24, 2.45) is 34.0 Å². The quantitative estimate of drug-likeness (QED) is 0.361. The maximum Gasteiger partial charge on any atom is 0.310 e. The normalized spacial score (nSPS) is 44.7. The van der Waals surface area contributed by atoms with Crippen molar-refractivity contribution in [3.05, 3.63) is 48.2 Å². The summed E-state index contributed by atoms with van der Waals surface area (Å²) in [6.07, 6.45) is 0.773. The largest absolute Gasteiger partial charge is 0.460 e. The molecule has 2 spiro atoms. The number of aromatic amines is 1. The Kier molecular flexibility index (Phi) is 4.88. The number of fused-ring (bicyclic) bond motifs is 3. The Balaban J connectivity index is 1.33. The van der Waals surface area contributed by atoms with Crippen LogP contribution in [0.25, 0.3) is 10.9 Å². The number of esters is 1. The lowest BCUT2D eigenvalue weighted by molar-refractivity contribution is -0.458. The van der Waals surface area contributed by atoms with Crippen molar-refractivity contribution in [3.8, 4) is 0 Å². The summed E-state index contributed by atoms with van der Waals surface area (Å²) in [5.74, 6) is -4.66. The van der Waals surface area contributed by atoms with Crippen LogP contribution in [-0.2, 0) is 25.5 Å². The van der Waals surface area contributed by atoms with Crippen molar-refractivity contribution in [2.75, 3.05) is 6.61 Å². The molecule has 4 saturated carbocycles. The molecule has 9 atom stereocenters. The average molecular weight is 522 g/mol. The van der Waals surface area contributed by atoms with Gasteiger partial charge in [0.25, 0.3) is 0 Å². The van der Waals surface area contributed by atoms with Crippen molar-refractivity contribution in [1.29, 1.82) is 0 Å². The topological polar surface area (TPSA) is 129 Å². The highest BCUT2D eigenvalue weighted by Crippen LogP contribution is 2.76. The number of carbonyl (C=O) groups excluding carboxylic acids is 2. The minimum Gasteiger partial charge on any atom is -0.460 e. The predicted octanol–water partition coefficient (Wildman–Crippen LogP) is 2.65. The van der Waals surface area contributed by atoms with Crippen LogP contribution in [0.3, 0.4) is 0 Å². The van der Waals surface area contributed by atoms with Crippen molar-refractivity contribution in [1.82, 2.24) is 4.98 Å². The minimum absolute atomic E-state index is 0.0140. The van der Waals surface area contributed by atoms with E-state index < -0.39 is 69.9 Å². The van der Waals surface area contributed by atoms with E-state index in [-0.39, 0.29) is 13.0 Å². The second-order valence-electron chi connectivity index (χ2n) is 13.0. The smallest absolute Gasteiger partial charge is 0.310 e. The number of benzene rings is 1. The first-order valence-electron chi connectivity index (χ1n) is 13.7. The fourth-order valence-electron chi connectivity index (χ4n) is 9.65. The highest BCUT2D eigenvalue weighted by atomic mass is 16.6. The first kappa shape index (κ1) is 24.5. The molecule has 4 bridgehead atoms. The van der Waals surface area contributed by atoms with Crippen LogP contribution in [0.1, 0.15) is 45.1 Å². The Hall–Kier alpha value is -2.52. The molecular weight excluding hydrogens is 486 g/mol. The second-order valence-corrected chi connectivity index (χ2v) is 13.0. The first-order valence-corrected chi connectivity index (χ1v) is 13.7. The summed E-state index contributed by atoms with van der Waals surface area (Å²) < 4.78 is 12.2. The molecule has 0 amide bonds. The van der Waals surface area contributed by atoms with Gasteiger partial charge in [-0.25, -0.2) is 0 Å². The van der Waals surface area contributed by atoms with E-state index in [0.29, 0.717) is 31.3 Å². The molecule has 8 nitrogen and oxygen atoms in total. The lowest BCUT2D eigenvalue weighted by atomic mass is 9.35. The van der Waals surface area contributed by atoms with Crippen LogP contribution < -0.4 is 0 Å². The summed E-state index contributed by atoms with van der Waals surface area (Å²) in [6, 6.07) is 7.67. The second kappa shape index (κ2) is 7.56. The highest BCUT2D eigenvalue weighted by Gasteiger charge is 2.87. The van der Waals surface area contributed by atoms with Gasteiger partial charge in [0.05, 0.1) is 19.1 Å². The van der Waals surface area contributed by atoms with Crippen LogP contribution >= 0.6 is 0 Å². The summed E-state index contributed by atoms with van der Waals surface area (Å²) in [7, 11) is 0. The molecule has 2 saturated heterocycles. The zero-order valence-corrected chi connectivity index (χ0v) is 21.8. The number of H-pyrrole nitrogens is 1. The molecule has 2 aliphatic heterocycles. The SMILES string of the molecule is C=C1C(=O)[C@@]23C(CC[C@@H]1[C@H]2OC(=O)Cc1c[nH]c2ccccc12)[C@@]12CO[C@@]3(O)[C@@H](O)[C@@H]1C(C)(C)CC[C@@H]2O. The van der Waals surface area contributed by atoms with Gasteiger partial charge >= 0.3 is 5.97 Å². The maximum atomic E-state index is 14.2.